The number of thioether (sulfide) groups is 1. The van der Waals surface area contributed by atoms with Gasteiger partial charge in [0, 0.05) is 23.4 Å². The number of rotatable bonds is 6. The first-order chi connectivity index (χ1) is 14.0. The lowest BCUT2D eigenvalue weighted by molar-refractivity contribution is -0.384. The molecular weight excluding hydrogens is 392 g/mol. The third kappa shape index (κ3) is 4.02. The Labute approximate surface area is 170 Å². The van der Waals surface area contributed by atoms with E-state index in [4.69, 9.17) is 4.42 Å². The Balaban J connectivity index is 1.49. The first-order valence-electron chi connectivity index (χ1n) is 8.70. The fraction of sp³-hybridized carbons (Fsp3) is 0.158. The number of nitro benzene ring substituents is 1. The van der Waals surface area contributed by atoms with Crippen LogP contribution in [-0.4, -0.2) is 29.9 Å². The summed E-state index contributed by atoms with van der Waals surface area (Å²) in [7, 11) is 0. The second-order valence-electron chi connectivity index (χ2n) is 6.29. The molecular formula is C19H16N6O3S. The summed E-state index contributed by atoms with van der Waals surface area (Å²) in [5.41, 5.74) is 2.80. The molecule has 29 heavy (non-hydrogen) atoms. The fourth-order valence-electron chi connectivity index (χ4n) is 2.71. The number of benzene rings is 2. The average Bonchev–Trinajstić information content (AvgIpc) is 3.34. The van der Waals surface area contributed by atoms with Gasteiger partial charge in [-0.15, -0.1) is 20.4 Å². The van der Waals surface area contributed by atoms with E-state index >= 15 is 0 Å². The number of nitro groups is 1. The van der Waals surface area contributed by atoms with Crippen molar-refractivity contribution in [1.29, 1.82) is 0 Å². The number of hydrogen-bond acceptors (Lipinski definition) is 8. The topological polar surface area (TPSA) is 113 Å². The zero-order chi connectivity index (χ0) is 20.4. The number of aryl methyl sites for hydroxylation is 2. The summed E-state index contributed by atoms with van der Waals surface area (Å²) >= 11 is 1.44. The molecule has 0 spiro atoms. The first-order valence-corrected chi connectivity index (χ1v) is 9.69. The smallest absolute Gasteiger partial charge is 0.269 e. The van der Waals surface area contributed by atoms with Gasteiger partial charge in [0.2, 0.25) is 11.8 Å². The van der Waals surface area contributed by atoms with E-state index < -0.39 is 4.92 Å². The average molecular weight is 408 g/mol. The maximum Gasteiger partial charge on any atom is 0.269 e. The molecule has 0 saturated heterocycles. The van der Waals surface area contributed by atoms with E-state index in [1.54, 1.807) is 12.1 Å². The van der Waals surface area contributed by atoms with Crippen LogP contribution in [0.15, 0.2) is 58.1 Å². The van der Waals surface area contributed by atoms with Crippen molar-refractivity contribution in [2.75, 3.05) is 0 Å². The first kappa shape index (κ1) is 18.8. The molecule has 0 saturated carbocycles. The molecule has 0 atom stereocenters. The maximum atomic E-state index is 10.8. The van der Waals surface area contributed by atoms with Crippen molar-refractivity contribution in [2.45, 2.75) is 24.8 Å². The molecule has 0 radical (unpaired) electrons. The molecule has 0 amide bonds. The molecule has 4 rings (SSSR count). The van der Waals surface area contributed by atoms with Crippen LogP contribution in [-0.2, 0) is 5.75 Å². The van der Waals surface area contributed by atoms with E-state index in [0.717, 1.165) is 16.7 Å². The standard InChI is InChI=1S/C19H16N6O3S/c1-12-3-7-15(8-4-12)24-13(2)20-23-19(24)29-11-17-21-22-18(28-17)14-5-9-16(10-6-14)25(26)27/h3-10H,11H2,1-2H3. The molecule has 2 aromatic carbocycles. The Bertz CT molecular complexity index is 1150. The van der Waals surface area contributed by atoms with E-state index in [0.29, 0.717) is 23.1 Å². The van der Waals surface area contributed by atoms with Crippen LogP contribution in [0.25, 0.3) is 17.1 Å². The zero-order valence-electron chi connectivity index (χ0n) is 15.6. The molecule has 0 aliphatic carbocycles. The molecule has 0 aliphatic heterocycles. The monoisotopic (exact) mass is 408 g/mol. The van der Waals surface area contributed by atoms with E-state index in [9.17, 15) is 10.1 Å². The van der Waals surface area contributed by atoms with Crippen LogP contribution < -0.4 is 0 Å². The molecule has 0 fully saturated rings. The Morgan fingerprint density at radius 2 is 1.72 bits per heavy atom. The minimum atomic E-state index is -0.453. The highest BCUT2D eigenvalue weighted by Gasteiger charge is 2.15. The van der Waals surface area contributed by atoms with Crippen molar-refractivity contribution in [1.82, 2.24) is 25.0 Å². The van der Waals surface area contributed by atoms with Crippen molar-refractivity contribution in [3.8, 4) is 17.1 Å². The molecule has 0 aliphatic rings. The molecule has 0 bridgehead atoms. The highest BCUT2D eigenvalue weighted by atomic mass is 32.2. The molecule has 2 aromatic heterocycles. The van der Waals surface area contributed by atoms with Crippen LogP contribution in [0.3, 0.4) is 0 Å². The SMILES string of the molecule is Cc1ccc(-n2c(C)nnc2SCc2nnc(-c3ccc([N+](=O)[O-])cc3)o2)cc1. The van der Waals surface area contributed by atoms with Gasteiger partial charge in [-0.1, -0.05) is 29.5 Å². The second-order valence-corrected chi connectivity index (χ2v) is 7.24. The van der Waals surface area contributed by atoms with Crippen molar-refractivity contribution in [3.05, 3.63) is 75.9 Å². The quantitative estimate of drug-likeness (QED) is 0.266. The van der Waals surface area contributed by atoms with Gasteiger partial charge in [0.1, 0.15) is 5.82 Å². The Kier molecular flexibility index (Phi) is 5.09. The number of hydrogen-bond donors (Lipinski definition) is 0. The highest BCUT2D eigenvalue weighted by molar-refractivity contribution is 7.98. The molecule has 0 unspecified atom stereocenters. The fourth-order valence-corrected chi connectivity index (χ4v) is 3.54. The van der Waals surface area contributed by atoms with Crippen LogP contribution in [0.2, 0.25) is 0 Å². The maximum absolute atomic E-state index is 10.8. The second kappa shape index (κ2) is 7.84. The molecule has 4 aromatic rings. The van der Waals surface area contributed by atoms with Crippen LogP contribution in [0, 0.1) is 24.0 Å². The minimum absolute atomic E-state index is 0.00913. The lowest BCUT2D eigenvalue weighted by atomic mass is 10.2. The summed E-state index contributed by atoms with van der Waals surface area (Å²) in [5.74, 6) is 1.95. The third-order valence-corrected chi connectivity index (χ3v) is 5.12. The summed E-state index contributed by atoms with van der Waals surface area (Å²) in [4.78, 5) is 10.3. The molecule has 9 nitrogen and oxygen atoms in total. The molecule has 0 N–H and O–H groups in total. The predicted molar refractivity (Wildman–Crippen MR) is 107 cm³/mol. The van der Waals surface area contributed by atoms with Gasteiger partial charge >= 0.3 is 0 Å². The number of non-ortho nitro benzene ring substituents is 1. The van der Waals surface area contributed by atoms with Crippen LogP contribution in [0.1, 0.15) is 17.3 Å². The van der Waals surface area contributed by atoms with Gasteiger partial charge in [-0.3, -0.25) is 14.7 Å². The van der Waals surface area contributed by atoms with Crippen molar-refractivity contribution >= 4 is 17.4 Å². The van der Waals surface area contributed by atoms with Gasteiger partial charge in [0.05, 0.1) is 10.7 Å². The van der Waals surface area contributed by atoms with E-state index in [1.165, 1.54) is 29.5 Å². The van der Waals surface area contributed by atoms with Crippen molar-refractivity contribution in [3.63, 3.8) is 0 Å². The van der Waals surface area contributed by atoms with Crippen LogP contribution in [0.4, 0.5) is 5.69 Å². The van der Waals surface area contributed by atoms with Crippen LogP contribution in [0.5, 0.6) is 0 Å². The summed E-state index contributed by atoms with van der Waals surface area (Å²) in [6.45, 7) is 3.94. The summed E-state index contributed by atoms with van der Waals surface area (Å²) in [6, 6.07) is 14.1. The Hall–Kier alpha value is -3.53. The van der Waals surface area contributed by atoms with E-state index in [1.807, 2.05) is 42.7 Å². The van der Waals surface area contributed by atoms with Gasteiger partial charge in [0.15, 0.2) is 5.16 Å². The Morgan fingerprint density at radius 1 is 1.00 bits per heavy atom. The Morgan fingerprint density at radius 3 is 2.41 bits per heavy atom. The van der Waals surface area contributed by atoms with Crippen molar-refractivity contribution in [2.24, 2.45) is 0 Å². The highest BCUT2D eigenvalue weighted by Crippen LogP contribution is 2.27. The molecule has 146 valence electrons. The van der Waals surface area contributed by atoms with Gasteiger partial charge in [-0.25, -0.2) is 0 Å². The van der Waals surface area contributed by atoms with Crippen molar-refractivity contribution < 1.29 is 9.34 Å². The summed E-state index contributed by atoms with van der Waals surface area (Å²) < 4.78 is 7.66. The van der Waals surface area contributed by atoms with Gasteiger partial charge in [-0.05, 0) is 38.1 Å². The largest absolute Gasteiger partial charge is 0.420 e. The normalized spacial score (nSPS) is 11.0. The molecule has 10 heteroatoms. The van der Waals surface area contributed by atoms with Crippen LogP contribution >= 0.6 is 11.8 Å². The van der Waals surface area contributed by atoms with Gasteiger partial charge in [0.25, 0.3) is 5.69 Å². The lowest BCUT2D eigenvalue weighted by Gasteiger charge is -2.07. The third-order valence-electron chi connectivity index (χ3n) is 4.20. The lowest BCUT2D eigenvalue weighted by Crippen LogP contribution is -1.99. The predicted octanol–water partition coefficient (Wildman–Crippen LogP) is 4.13. The van der Waals surface area contributed by atoms with E-state index in [-0.39, 0.29) is 5.69 Å². The number of nitrogens with zero attached hydrogens (tertiary/aromatic N) is 6. The summed E-state index contributed by atoms with van der Waals surface area (Å²) in [5, 5.41) is 28.0. The van der Waals surface area contributed by atoms with E-state index in [2.05, 4.69) is 20.4 Å². The molecule has 2 heterocycles. The number of aromatic nitrogens is 5. The van der Waals surface area contributed by atoms with Gasteiger partial charge < -0.3 is 4.42 Å². The minimum Gasteiger partial charge on any atom is -0.420 e. The summed E-state index contributed by atoms with van der Waals surface area (Å²) in [6.07, 6.45) is 0. The zero-order valence-corrected chi connectivity index (χ0v) is 16.5. The van der Waals surface area contributed by atoms with Gasteiger partial charge in [-0.2, -0.15) is 0 Å².